The Morgan fingerprint density at radius 2 is 1.91 bits per heavy atom. The first kappa shape index (κ1) is 18.6. The number of nitro benzene ring substituents is 1. The maximum absolute atomic E-state index is 12.9. The lowest BCUT2D eigenvalue weighted by Crippen LogP contribution is -2.43. The number of carbonyl (C=O) groups is 1. The summed E-state index contributed by atoms with van der Waals surface area (Å²) < 4.78 is 50.0. The van der Waals surface area contributed by atoms with E-state index in [0.717, 1.165) is 18.2 Å². The van der Waals surface area contributed by atoms with E-state index in [1.807, 2.05) is 0 Å². The van der Waals surface area contributed by atoms with E-state index in [4.69, 9.17) is 20.4 Å². The molecule has 1 aromatic rings. The van der Waals surface area contributed by atoms with E-state index in [9.17, 15) is 27.7 Å². The number of aliphatic carboxylic acids is 1. The molecule has 1 aromatic carbocycles. The molecule has 0 aromatic heterocycles. The largest absolute Gasteiger partial charge is 0.490 e. The molecule has 128 valence electrons. The number of ether oxygens (including phenoxy) is 1. The van der Waals surface area contributed by atoms with Crippen molar-refractivity contribution in [2.45, 2.75) is 31.2 Å². The number of nitrogens with two attached hydrogens (primary N) is 1. The summed E-state index contributed by atoms with van der Waals surface area (Å²) in [5.41, 5.74) is 5.34. The second-order valence-corrected chi connectivity index (χ2v) is 4.64. The molecule has 1 saturated carbocycles. The normalized spacial score (nSPS) is 19.9. The molecule has 0 radical (unpaired) electrons. The highest BCUT2D eigenvalue weighted by molar-refractivity contribution is 5.73. The molecule has 0 amide bonds. The van der Waals surface area contributed by atoms with E-state index in [1.54, 1.807) is 0 Å². The van der Waals surface area contributed by atoms with Gasteiger partial charge < -0.3 is 15.6 Å². The van der Waals surface area contributed by atoms with Crippen molar-refractivity contribution in [3.05, 3.63) is 34.1 Å². The highest BCUT2D eigenvalue weighted by atomic mass is 19.4. The molecule has 0 aliphatic heterocycles. The number of hydrogen-bond donors (Lipinski definition) is 2. The zero-order chi connectivity index (χ0) is 17.8. The molecule has 0 atom stereocenters. The van der Waals surface area contributed by atoms with Gasteiger partial charge in [-0.15, -0.1) is 0 Å². The molecule has 1 aliphatic rings. The zero-order valence-corrected chi connectivity index (χ0v) is 11.4. The predicted molar refractivity (Wildman–Crippen MR) is 68.4 cm³/mol. The van der Waals surface area contributed by atoms with Gasteiger partial charge in [0.1, 0.15) is 11.9 Å². The van der Waals surface area contributed by atoms with Gasteiger partial charge in [0.15, 0.2) is 5.75 Å². The number of alkyl halides is 3. The average Bonchev–Trinajstić information content (AvgIpc) is 2.36. The molecule has 0 heterocycles. The maximum atomic E-state index is 12.9. The van der Waals surface area contributed by atoms with Crippen LogP contribution in [0.1, 0.15) is 12.8 Å². The summed E-state index contributed by atoms with van der Waals surface area (Å²) in [6.07, 6.45) is -3.93. The lowest BCUT2D eigenvalue weighted by molar-refractivity contribution is -0.386. The molecule has 0 saturated heterocycles. The van der Waals surface area contributed by atoms with Crippen LogP contribution in [-0.4, -0.2) is 34.3 Å². The monoisotopic (exact) mass is 340 g/mol. The van der Waals surface area contributed by atoms with Crippen molar-refractivity contribution in [2.75, 3.05) is 0 Å². The molecule has 7 nitrogen and oxygen atoms in total. The fraction of sp³-hybridized carbons (Fsp3) is 0.417. The molecule has 0 unspecified atom stereocenters. The molecule has 3 N–H and O–H groups in total. The van der Waals surface area contributed by atoms with Crippen LogP contribution in [-0.2, 0) is 4.79 Å². The molecule has 1 aliphatic carbocycles. The Bertz CT molecular complexity index is 587. The van der Waals surface area contributed by atoms with Crippen molar-refractivity contribution in [3.8, 4) is 5.75 Å². The van der Waals surface area contributed by atoms with Gasteiger partial charge in [0.2, 0.25) is 0 Å². The van der Waals surface area contributed by atoms with Gasteiger partial charge in [-0.25, -0.2) is 9.18 Å². The van der Waals surface area contributed by atoms with Crippen LogP contribution in [0.25, 0.3) is 0 Å². The highest BCUT2D eigenvalue weighted by Crippen LogP contribution is 2.32. The number of nitro groups is 1. The Kier molecular flexibility index (Phi) is 5.85. The summed E-state index contributed by atoms with van der Waals surface area (Å²) in [5.74, 6) is -3.33. The van der Waals surface area contributed by atoms with E-state index in [-0.39, 0.29) is 23.6 Å². The van der Waals surface area contributed by atoms with Gasteiger partial charge in [0, 0.05) is 18.2 Å². The second kappa shape index (κ2) is 7.22. The third kappa shape index (κ3) is 5.70. The summed E-state index contributed by atoms with van der Waals surface area (Å²) in [5, 5.41) is 17.8. The molecular weight excluding hydrogens is 328 g/mol. The molecule has 0 bridgehead atoms. The smallest absolute Gasteiger partial charge is 0.483 e. The van der Waals surface area contributed by atoms with Crippen LogP contribution in [0, 0.1) is 15.9 Å². The summed E-state index contributed by atoms with van der Waals surface area (Å²) in [4.78, 5) is 19.0. The highest BCUT2D eigenvalue weighted by Gasteiger charge is 2.38. The minimum absolute atomic E-state index is 0.0260. The number of nitrogens with zero attached hydrogens (tertiary/aromatic N) is 1. The number of rotatable bonds is 3. The van der Waals surface area contributed by atoms with Crippen LogP contribution in [0.2, 0.25) is 0 Å². The fourth-order valence-electron chi connectivity index (χ4n) is 1.62. The second-order valence-electron chi connectivity index (χ2n) is 4.64. The van der Waals surface area contributed by atoms with E-state index >= 15 is 0 Å². The minimum atomic E-state index is -5.08. The van der Waals surface area contributed by atoms with Crippen molar-refractivity contribution >= 4 is 11.7 Å². The Labute approximate surface area is 126 Å². The van der Waals surface area contributed by atoms with E-state index < -0.39 is 22.9 Å². The molecule has 11 heteroatoms. The van der Waals surface area contributed by atoms with Crippen molar-refractivity contribution in [1.29, 1.82) is 0 Å². The van der Waals surface area contributed by atoms with Crippen LogP contribution >= 0.6 is 0 Å². The summed E-state index contributed by atoms with van der Waals surface area (Å²) in [6, 6.07) is 3.25. The summed E-state index contributed by atoms with van der Waals surface area (Å²) >= 11 is 0. The number of benzene rings is 1. The molecule has 23 heavy (non-hydrogen) atoms. The molecule has 1 fully saturated rings. The Morgan fingerprint density at radius 3 is 2.30 bits per heavy atom. The van der Waals surface area contributed by atoms with Crippen molar-refractivity contribution in [2.24, 2.45) is 5.73 Å². The SMILES string of the molecule is N[C@H]1C[C@H](Oc2cc(F)ccc2[N+](=O)[O-])C1.O=C(O)C(F)(F)F. The molecular formula is C12H12F4N2O5. The van der Waals surface area contributed by atoms with Gasteiger partial charge in [-0.05, 0) is 18.9 Å². The van der Waals surface area contributed by atoms with Crippen LogP contribution in [0.15, 0.2) is 18.2 Å². The Hall–Kier alpha value is -2.43. The van der Waals surface area contributed by atoms with Gasteiger partial charge in [-0.3, -0.25) is 10.1 Å². The topological polar surface area (TPSA) is 116 Å². The zero-order valence-electron chi connectivity index (χ0n) is 11.4. The van der Waals surface area contributed by atoms with Gasteiger partial charge in [0.25, 0.3) is 0 Å². The molecule has 0 spiro atoms. The van der Waals surface area contributed by atoms with Gasteiger partial charge in [-0.1, -0.05) is 0 Å². The first-order chi connectivity index (χ1) is 10.5. The summed E-state index contributed by atoms with van der Waals surface area (Å²) in [6.45, 7) is 0. The Balaban J connectivity index is 0.000000322. The maximum Gasteiger partial charge on any atom is 0.490 e. The van der Waals surface area contributed by atoms with Gasteiger partial charge >= 0.3 is 17.8 Å². The first-order valence-corrected chi connectivity index (χ1v) is 6.17. The first-order valence-electron chi connectivity index (χ1n) is 6.17. The summed E-state index contributed by atoms with van der Waals surface area (Å²) in [7, 11) is 0. The van der Waals surface area contributed by atoms with E-state index in [1.165, 1.54) is 0 Å². The Morgan fingerprint density at radius 1 is 1.39 bits per heavy atom. The lowest BCUT2D eigenvalue weighted by atomic mass is 9.90. The van der Waals surface area contributed by atoms with Crippen molar-refractivity contribution in [3.63, 3.8) is 0 Å². The number of hydrogen-bond acceptors (Lipinski definition) is 5. The number of halogens is 4. The predicted octanol–water partition coefficient (Wildman–Crippen LogP) is 2.24. The van der Waals surface area contributed by atoms with Crippen LogP contribution in [0.3, 0.4) is 0 Å². The lowest BCUT2D eigenvalue weighted by Gasteiger charge is -2.32. The van der Waals surface area contributed by atoms with Gasteiger partial charge in [0.05, 0.1) is 4.92 Å². The van der Waals surface area contributed by atoms with Crippen LogP contribution in [0.4, 0.5) is 23.2 Å². The minimum Gasteiger partial charge on any atom is -0.483 e. The van der Waals surface area contributed by atoms with Gasteiger partial charge in [-0.2, -0.15) is 13.2 Å². The van der Waals surface area contributed by atoms with Crippen molar-refractivity contribution < 1.29 is 37.1 Å². The fourth-order valence-corrected chi connectivity index (χ4v) is 1.62. The quantitative estimate of drug-likeness (QED) is 0.495. The standard InChI is InChI=1S/C10H11FN2O3.C2HF3O2/c11-6-1-2-9(13(14)15)10(3-6)16-8-4-7(12)5-8;3-2(4,5)1(6)7/h1-3,7-8H,4-5,12H2;(H,6,7)/t7-,8-;. The number of carboxylic acid groups (broad SMARTS) is 1. The molecule has 2 rings (SSSR count). The van der Waals surface area contributed by atoms with Crippen LogP contribution in [0.5, 0.6) is 5.75 Å². The number of carboxylic acids is 1. The third-order valence-corrected chi connectivity index (χ3v) is 2.79. The average molecular weight is 340 g/mol. The van der Waals surface area contributed by atoms with Crippen molar-refractivity contribution in [1.82, 2.24) is 0 Å². The van der Waals surface area contributed by atoms with E-state index in [0.29, 0.717) is 12.8 Å². The van der Waals surface area contributed by atoms with Crippen LogP contribution < -0.4 is 10.5 Å². The third-order valence-electron chi connectivity index (χ3n) is 2.79. The van der Waals surface area contributed by atoms with E-state index in [2.05, 4.69) is 0 Å².